The highest BCUT2D eigenvalue weighted by atomic mass is 32.2. The third-order valence-corrected chi connectivity index (χ3v) is 3.01. The lowest BCUT2D eigenvalue weighted by atomic mass is 10.0. The van der Waals surface area contributed by atoms with Crippen LogP contribution in [-0.4, -0.2) is 8.42 Å². The summed E-state index contributed by atoms with van der Waals surface area (Å²) in [5.41, 5.74) is 2.52. The molecule has 0 atom stereocenters. The van der Waals surface area contributed by atoms with Gasteiger partial charge in [0.1, 0.15) is 0 Å². The first-order valence-corrected chi connectivity index (χ1v) is 7.01. The summed E-state index contributed by atoms with van der Waals surface area (Å²) in [7, 11) is -3.74. The quantitative estimate of drug-likeness (QED) is 0.883. The standard InChI is InChI=1S/C13H14N2O2S/c14-18(16,17)15-13-9-5-4-8-12(13)10-11-6-2-1-3-7-11/h1-9,15H,10H2,(H2,14,16,17). The molecule has 0 aromatic heterocycles. The largest absolute Gasteiger partial charge is 0.296 e. The summed E-state index contributed by atoms with van der Waals surface area (Å²) in [6.45, 7) is 0. The van der Waals surface area contributed by atoms with Gasteiger partial charge in [-0.15, -0.1) is 0 Å². The van der Waals surface area contributed by atoms with Gasteiger partial charge >= 0.3 is 0 Å². The average Bonchev–Trinajstić information content (AvgIpc) is 2.31. The van der Waals surface area contributed by atoms with Crippen molar-refractivity contribution >= 4 is 15.9 Å². The van der Waals surface area contributed by atoms with Gasteiger partial charge in [-0.2, -0.15) is 8.42 Å². The van der Waals surface area contributed by atoms with Gasteiger partial charge in [0.2, 0.25) is 0 Å². The van der Waals surface area contributed by atoms with Crippen LogP contribution in [0.5, 0.6) is 0 Å². The van der Waals surface area contributed by atoms with Gasteiger partial charge in [-0.3, -0.25) is 4.72 Å². The van der Waals surface area contributed by atoms with Crippen LogP contribution >= 0.6 is 0 Å². The Labute approximate surface area is 107 Å². The molecule has 0 aliphatic heterocycles. The van der Waals surface area contributed by atoms with Gasteiger partial charge in [0.25, 0.3) is 10.2 Å². The highest BCUT2D eigenvalue weighted by molar-refractivity contribution is 7.90. The Bertz CT molecular complexity index is 624. The van der Waals surface area contributed by atoms with E-state index in [1.54, 1.807) is 12.1 Å². The lowest BCUT2D eigenvalue weighted by molar-refractivity contribution is 0.603. The van der Waals surface area contributed by atoms with Crippen molar-refractivity contribution in [3.8, 4) is 0 Å². The molecule has 5 heteroatoms. The van der Waals surface area contributed by atoms with E-state index in [1.807, 2.05) is 42.5 Å². The molecule has 3 N–H and O–H groups in total. The topological polar surface area (TPSA) is 72.2 Å². The molecule has 0 saturated heterocycles. The third-order valence-electron chi connectivity index (χ3n) is 2.51. The number of nitrogens with two attached hydrogens (primary N) is 1. The van der Waals surface area contributed by atoms with Gasteiger partial charge in [0.15, 0.2) is 0 Å². The van der Waals surface area contributed by atoms with Crippen molar-refractivity contribution in [1.29, 1.82) is 0 Å². The number of hydrogen-bond donors (Lipinski definition) is 2. The lowest BCUT2D eigenvalue weighted by Crippen LogP contribution is -2.22. The van der Waals surface area contributed by atoms with Crippen LogP contribution in [0, 0.1) is 0 Å². The Morgan fingerprint density at radius 1 is 0.944 bits per heavy atom. The number of para-hydroxylation sites is 1. The zero-order valence-corrected chi connectivity index (χ0v) is 10.5. The predicted octanol–water partition coefficient (Wildman–Crippen LogP) is 1.89. The van der Waals surface area contributed by atoms with Gasteiger partial charge in [0, 0.05) is 0 Å². The first-order chi connectivity index (χ1) is 8.54. The van der Waals surface area contributed by atoms with E-state index in [2.05, 4.69) is 4.72 Å². The molecule has 0 amide bonds. The molecule has 0 bridgehead atoms. The molecule has 2 rings (SSSR count). The number of anilines is 1. The number of hydrogen-bond acceptors (Lipinski definition) is 2. The molecule has 0 radical (unpaired) electrons. The van der Waals surface area contributed by atoms with Crippen LogP contribution in [0.15, 0.2) is 54.6 Å². The van der Waals surface area contributed by atoms with Gasteiger partial charge in [-0.25, -0.2) is 5.14 Å². The summed E-state index contributed by atoms with van der Waals surface area (Å²) >= 11 is 0. The van der Waals surface area contributed by atoms with Crippen LogP contribution < -0.4 is 9.86 Å². The summed E-state index contributed by atoms with van der Waals surface area (Å²) in [6.07, 6.45) is 0.652. The molecular formula is C13H14N2O2S. The molecule has 0 unspecified atom stereocenters. The Kier molecular flexibility index (Phi) is 3.64. The Balaban J connectivity index is 2.28. The van der Waals surface area contributed by atoms with Crippen molar-refractivity contribution in [3.05, 3.63) is 65.7 Å². The summed E-state index contributed by atoms with van der Waals surface area (Å²) in [6, 6.07) is 17.0. The lowest BCUT2D eigenvalue weighted by Gasteiger charge is -2.10. The predicted molar refractivity (Wildman–Crippen MR) is 72.4 cm³/mol. The first kappa shape index (κ1) is 12.6. The normalized spacial score (nSPS) is 11.2. The zero-order chi connectivity index (χ0) is 13.0. The second-order valence-electron chi connectivity index (χ2n) is 3.97. The summed E-state index contributed by atoms with van der Waals surface area (Å²) < 4.78 is 24.5. The van der Waals surface area contributed by atoms with E-state index in [-0.39, 0.29) is 0 Å². The fourth-order valence-electron chi connectivity index (χ4n) is 1.74. The molecule has 0 aliphatic carbocycles. The minimum absolute atomic E-state index is 0.517. The van der Waals surface area contributed by atoms with E-state index in [9.17, 15) is 8.42 Å². The molecule has 2 aromatic carbocycles. The molecular weight excluding hydrogens is 248 g/mol. The highest BCUT2D eigenvalue weighted by Gasteiger charge is 2.07. The van der Waals surface area contributed by atoms with Crippen molar-refractivity contribution in [1.82, 2.24) is 0 Å². The van der Waals surface area contributed by atoms with E-state index < -0.39 is 10.2 Å². The Morgan fingerprint density at radius 3 is 2.22 bits per heavy atom. The van der Waals surface area contributed by atoms with Gasteiger partial charge in [0.05, 0.1) is 5.69 Å². The summed E-state index contributed by atoms with van der Waals surface area (Å²) in [5.74, 6) is 0. The van der Waals surface area contributed by atoms with E-state index >= 15 is 0 Å². The number of rotatable bonds is 4. The SMILES string of the molecule is NS(=O)(=O)Nc1ccccc1Cc1ccccc1. The van der Waals surface area contributed by atoms with Crippen LogP contribution in [0.2, 0.25) is 0 Å². The van der Waals surface area contributed by atoms with Gasteiger partial charge < -0.3 is 0 Å². The second-order valence-corrected chi connectivity index (χ2v) is 5.26. The summed E-state index contributed by atoms with van der Waals surface area (Å²) in [5, 5.41) is 4.99. The monoisotopic (exact) mass is 262 g/mol. The maximum atomic E-state index is 11.1. The molecule has 0 saturated carbocycles. The minimum Gasteiger partial charge on any atom is -0.271 e. The molecule has 0 fully saturated rings. The maximum Gasteiger partial charge on any atom is 0.296 e. The van der Waals surface area contributed by atoms with Crippen molar-refractivity contribution in [2.45, 2.75) is 6.42 Å². The first-order valence-electron chi connectivity index (χ1n) is 5.47. The van der Waals surface area contributed by atoms with E-state index in [0.717, 1.165) is 11.1 Å². The molecule has 0 heterocycles. The van der Waals surface area contributed by atoms with Gasteiger partial charge in [-0.05, 0) is 23.6 Å². The van der Waals surface area contributed by atoms with Crippen LogP contribution in [0.4, 0.5) is 5.69 Å². The van der Waals surface area contributed by atoms with Crippen molar-refractivity contribution in [2.24, 2.45) is 5.14 Å². The molecule has 18 heavy (non-hydrogen) atoms. The van der Waals surface area contributed by atoms with Crippen molar-refractivity contribution in [2.75, 3.05) is 4.72 Å². The van der Waals surface area contributed by atoms with E-state index in [4.69, 9.17) is 5.14 Å². The van der Waals surface area contributed by atoms with Gasteiger partial charge in [-0.1, -0.05) is 48.5 Å². The Morgan fingerprint density at radius 2 is 1.56 bits per heavy atom. The Hall–Kier alpha value is -1.85. The number of benzene rings is 2. The van der Waals surface area contributed by atoms with E-state index in [0.29, 0.717) is 12.1 Å². The fraction of sp³-hybridized carbons (Fsp3) is 0.0769. The van der Waals surface area contributed by atoms with Crippen LogP contribution in [0.1, 0.15) is 11.1 Å². The molecule has 0 aliphatic rings. The highest BCUT2D eigenvalue weighted by Crippen LogP contribution is 2.19. The summed E-state index contributed by atoms with van der Waals surface area (Å²) in [4.78, 5) is 0. The molecule has 4 nitrogen and oxygen atoms in total. The molecule has 0 spiro atoms. The zero-order valence-electron chi connectivity index (χ0n) is 9.71. The fourth-order valence-corrected chi connectivity index (χ4v) is 2.25. The van der Waals surface area contributed by atoms with Crippen LogP contribution in [-0.2, 0) is 16.6 Å². The minimum atomic E-state index is -3.74. The van der Waals surface area contributed by atoms with Crippen molar-refractivity contribution < 1.29 is 8.42 Å². The maximum absolute atomic E-state index is 11.1. The third kappa shape index (κ3) is 3.58. The average molecular weight is 262 g/mol. The second kappa shape index (κ2) is 5.20. The van der Waals surface area contributed by atoms with Crippen LogP contribution in [0.25, 0.3) is 0 Å². The molecule has 2 aromatic rings. The van der Waals surface area contributed by atoms with Crippen LogP contribution in [0.3, 0.4) is 0 Å². The smallest absolute Gasteiger partial charge is 0.271 e. The van der Waals surface area contributed by atoms with E-state index in [1.165, 1.54) is 0 Å². The van der Waals surface area contributed by atoms with Crippen molar-refractivity contribution in [3.63, 3.8) is 0 Å². The number of nitrogens with one attached hydrogen (secondary N) is 1. The molecule has 94 valence electrons.